The van der Waals surface area contributed by atoms with Crippen molar-refractivity contribution in [1.82, 2.24) is 0 Å². The number of ketones is 1. The average molecular weight is 254 g/mol. The third-order valence-corrected chi connectivity index (χ3v) is 3.15. The van der Waals surface area contributed by atoms with Crippen LogP contribution in [-0.2, 0) is 6.42 Å². The van der Waals surface area contributed by atoms with Crippen molar-refractivity contribution < 1.29 is 9.53 Å². The maximum absolute atomic E-state index is 12.1. The normalized spacial score (nSPS) is 10.2. The van der Waals surface area contributed by atoms with Crippen LogP contribution in [0.4, 0.5) is 0 Å². The van der Waals surface area contributed by atoms with Gasteiger partial charge < -0.3 is 4.74 Å². The highest BCUT2D eigenvalue weighted by Gasteiger charge is 2.06. The molecule has 2 aromatic carbocycles. The molecule has 0 bridgehead atoms. The Balaban J connectivity index is 1.98. The van der Waals surface area contributed by atoms with E-state index in [0.29, 0.717) is 6.42 Å². The summed E-state index contributed by atoms with van der Waals surface area (Å²) in [7, 11) is 1.65. The number of carbonyl (C=O) groups is 1. The van der Waals surface area contributed by atoms with Crippen LogP contribution in [-0.4, -0.2) is 12.9 Å². The molecule has 0 amide bonds. The largest absolute Gasteiger partial charge is 0.497 e. The van der Waals surface area contributed by atoms with Crippen LogP contribution in [0.25, 0.3) is 0 Å². The first-order chi connectivity index (χ1) is 9.19. The number of hydrogen-bond donors (Lipinski definition) is 0. The van der Waals surface area contributed by atoms with E-state index in [-0.39, 0.29) is 5.78 Å². The smallest absolute Gasteiger partial charge is 0.163 e. The Morgan fingerprint density at radius 2 is 1.84 bits per heavy atom. The Kier molecular flexibility index (Phi) is 4.35. The molecule has 98 valence electrons. The van der Waals surface area contributed by atoms with Crippen LogP contribution in [0.15, 0.2) is 48.5 Å². The van der Waals surface area contributed by atoms with Crippen molar-refractivity contribution in [2.75, 3.05) is 7.11 Å². The highest BCUT2D eigenvalue weighted by molar-refractivity contribution is 5.96. The van der Waals surface area contributed by atoms with Gasteiger partial charge in [0, 0.05) is 12.0 Å². The van der Waals surface area contributed by atoms with Gasteiger partial charge in [0.15, 0.2) is 5.78 Å². The molecule has 0 atom stereocenters. The predicted octanol–water partition coefficient (Wildman–Crippen LogP) is 3.82. The third-order valence-electron chi connectivity index (χ3n) is 3.15. The summed E-state index contributed by atoms with van der Waals surface area (Å²) in [4.78, 5) is 12.1. The van der Waals surface area contributed by atoms with E-state index < -0.39 is 0 Å². The van der Waals surface area contributed by atoms with Crippen LogP contribution >= 0.6 is 0 Å². The summed E-state index contributed by atoms with van der Waals surface area (Å²) in [6, 6.07) is 15.6. The van der Waals surface area contributed by atoms with Gasteiger partial charge in [0.1, 0.15) is 5.75 Å². The molecule has 2 heteroatoms. The van der Waals surface area contributed by atoms with Crippen molar-refractivity contribution in [1.29, 1.82) is 0 Å². The summed E-state index contributed by atoms with van der Waals surface area (Å²) >= 11 is 0. The standard InChI is InChI=1S/C17H18O2/c1-13-6-9-15(10-7-13)17(18)11-8-14-4-3-5-16(12-14)19-2/h3-7,9-10,12H,8,11H2,1-2H3. The molecule has 0 aromatic heterocycles. The second-order valence-electron chi connectivity index (χ2n) is 4.64. The van der Waals surface area contributed by atoms with Gasteiger partial charge in [-0.15, -0.1) is 0 Å². The van der Waals surface area contributed by atoms with E-state index in [9.17, 15) is 4.79 Å². The van der Waals surface area contributed by atoms with E-state index in [1.807, 2.05) is 55.5 Å². The van der Waals surface area contributed by atoms with Gasteiger partial charge in [-0.05, 0) is 31.0 Å². The fraction of sp³-hybridized carbons (Fsp3) is 0.235. The Hall–Kier alpha value is -2.09. The highest BCUT2D eigenvalue weighted by Crippen LogP contribution is 2.15. The molecule has 0 radical (unpaired) electrons. The Labute approximate surface area is 114 Å². The fourth-order valence-electron chi connectivity index (χ4n) is 1.97. The molecular formula is C17H18O2. The zero-order valence-corrected chi connectivity index (χ0v) is 11.3. The fourth-order valence-corrected chi connectivity index (χ4v) is 1.97. The Bertz CT molecular complexity index is 556. The summed E-state index contributed by atoms with van der Waals surface area (Å²) in [5.41, 5.74) is 3.08. The number of hydrogen-bond acceptors (Lipinski definition) is 2. The maximum Gasteiger partial charge on any atom is 0.163 e. The molecule has 2 aromatic rings. The van der Waals surface area contributed by atoms with E-state index >= 15 is 0 Å². The van der Waals surface area contributed by atoms with Crippen LogP contribution in [0.3, 0.4) is 0 Å². The Morgan fingerprint density at radius 3 is 2.53 bits per heavy atom. The summed E-state index contributed by atoms with van der Waals surface area (Å²) in [5, 5.41) is 0. The van der Waals surface area contributed by atoms with E-state index in [1.54, 1.807) is 7.11 Å². The summed E-state index contributed by atoms with van der Waals surface area (Å²) in [6.45, 7) is 2.02. The molecule has 0 fully saturated rings. The number of ether oxygens (including phenoxy) is 1. The van der Waals surface area contributed by atoms with Gasteiger partial charge in [-0.3, -0.25) is 4.79 Å². The van der Waals surface area contributed by atoms with Gasteiger partial charge in [-0.2, -0.15) is 0 Å². The molecule has 0 aliphatic heterocycles. The van der Waals surface area contributed by atoms with Crippen LogP contribution in [0.1, 0.15) is 27.9 Å². The number of carbonyl (C=O) groups excluding carboxylic acids is 1. The summed E-state index contributed by atoms with van der Waals surface area (Å²) in [5.74, 6) is 1.02. The molecule has 0 aliphatic rings. The number of methoxy groups -OCH3 is 1. The van der Waals surface area contributed by atoms with Crippen molar-refractivity contribution in [3.63, 3.8) is 0 Å². The molecule has 0 saturated heterocycles. The molecule has 19 heavy (non-hydrogen) atoms. The van der Waals surface area contributed by atoms with Crippen LogP contribution < -0.4 is 4.74 Å². The van der Waals surface area contributed by atoms with Crippen molar-refractivity contribution in [2.45, 2.75) is 19.8 Å². The molecule has 0 spiro atoms. The quantitative estimate of drug-likeness (QED) is 0.758. The molecule has 0 N–H and O–H groups in total. The molecular weight excluding hydrogens is 236 g/mol. The second kappa shape index (κ2) is 6.19. The van der Waals surface area contributed by atoms with Gasteiger partial charge in [0.25, 0.3) is 0 Å². The third kappa shape index (κ3) is 3.68. The molecule has 0 unspecified atom stereocenters. The maximum atomic E-state index is 12.1. The van der Waals surface area contributed by atoms with Gasteiger partial charge in [0.05, 0.1) is 7.11 Å². The lowest BCUT2D eigenvalue weighted by atomic mass is 10.0. The minimum atomic E-state index is 0.183. The lowest BCUT2D eigenvalue weighted by Crippen LogP contribution is -2.01. The Morgan fingerprint density at radius 1 is 1.11 bits per heavy atom. The van der Waals surface area contributed by atoms with Crippen molar-refractivity contribution in [2.24, 2.45) is 0 Å². The molecule has 0 heterocycles. The zero-order chi connectivity index (χ0) is 13.7. The summed E-state index contributed by atoms with van der Waals surface area (Å²) < 4.78 is 5.17. The molecule has 0 aliphatic carbocycles. The van der Waals surface area contributed by atoms with Crippen molar-refractivity contribution in [3.05, 3.63) is 65.2 Å². The first kappa shape index (κ1) is 13.3. The number of aryl methyl sites for hydroxylation is 2. The highest BCUT2D eigenvalue weighted by atomic mass is 16.5. The van der Waals surface area contributed by atoms with E-state index in [1.165, 1.54) is 5.56 Å². The van der Waals surface area contributed by atoms with Crippen LogP contribution in [0.5, 0.6) is 5.75 Å². The first-order valence-electron chi connectivity index (χ1n) is 6.42. The van der Waals surface area contributed by atoms with E-state index in [4.69, 9.17) is 4.74 Å². The van der Waals surface area contributed by atoms with Gasteiger partial charge in [-0.25, -0.2) is 0 Å². The van der Waals surface area contributed by atoms with Crippen molar-refractivity contribution >= 4 is 5.78 Å². The lowest BCUT2D eigenvalue weighted by Gasteiger charge is -2.04. The number of benzene rings is 2. The van der Waals surface area contributed by atoms with E-state index in [0.717, 1.165) is 23.3 Å². The lowest BCUT2D eigenvalue weighted by molar-refractivity contribution is 0.0983. The second-order valence-corrected chi connectivity index (χ2v) is 4.64. The first-order valence-corrected chi connectivity index (χ1v) is 6.42. The predicted molar refractivity (Wildman–Crippen MR) is 76.8 cm³/mol. The molecule has 0 saturated carbocycles. The summed E-state index contributed by atoms with van der Waals surface area (Å²) in [6.07, 6.45) is 1.26. The van der Waals surface area contributed by atoms with Gasteiger partial charge in [0.2, 0.25) is 0 Å². The SMILES string of the molecule is COc1cccc(CCC(=O)c2ccc(C)cc2)c1. The molecule has 2 nitrogen and oxygen atoms in total. The topological polar surface area (TPSA) is 26.3 Å². The monoisotopic (exact) mass is 254 g/mol. The van der Waals surface area contributed by atoms with Gasteiger partial charge >= 0.3 is 0 Å². The van der Waals surface area contributed by atoms with Crippen LogP contribution in [0, 0.1) is 6.92 Å². The zero-order valence-electron chi connectivity index (χ0n) is 11.3. The van der Waals surface area contributed by atoms with E-state index in [2.05, 4.69) is 0 Å². The average Bonchev–Trinajstić information content (AvgIpc) is 2.46. The number of Topliss-reactive ketones (excluding diaryl/α,β-unsaturated/α-hetero) is 1. The van der Waals surface area contributed by atoms with Crippen LogP contribution in [0.2, 0.25) is 0 Å². The van der Waals surface area contributed by atoms with Gasteiger partial charge in [-0.1, -0.05) is 42.0 Å². The minimum Gasteiger partial charge on any atom is -0.497 e. The minimum absolute atomic E-state index is 0.183. The number of rotatable bonds is 5. The van der Waals surface area contributed by atoms with Crippen molar-refractivity contribution in [3.8, 4) is 5.75 Å². The molecule has 2 rings (SSSR count).